The normalized spacial score (nSPS) is 10.7. The SMILES string of the molecule is Cc1ccc(-n2c(C)cc(C(=O)OCC(=O)Nc3cc(Cl)ccc3F)c2C)cc1. The van der Waals surface area contributed by atoms with E-state index in [1.54, 1.807) is 6.07 Å². The van der Waals surface area contributed by atoms with Gasteiger partial charge in [-0.25, -0.2) is 9.18 Å². The maximum atomic E-state index is 13.7. The van der Waals surface area contributed by atoms with Gasteiger partial charge in [-0.2, -0.15) is 0 Å². The van der Waals surface area contributed by atoms with E-state index in [0.717, 1.165) is 23.0 Å². The van der Waals surface area contributed by atoms with E-state index in [-0.39, 0.29) is 10.7 Å². The van der Waals surface area contributed by atoms with Crippen LogP contribution in [-0.4, -0.2) is 23.1 Å². The van der Waals surface area contributed by atoms with Crippen LogP contribution in [0.25, 0.3) is 5.69 Å². The Bertz CT molecular complexity index is 1070. The predicted molar refractivity (Wildman–Crippen MR) is 110 cm³/mol. The standard InChI is InChI=1S/C22H20ClFN2O3/c1-13-4-7-17(8-5-13)26-14(2)10-18(15(26)3)22(28)29-12-21(27)25-20-11-16(23)6-9-19(20)24/h4-11H,12H2,1-3H3,(H,25,27). The molecule has 0 unspecified atom stereocenters. The van der Waals surface area contributed by atoms with E-state index in [2.05, 4.69) is 5.32 Å². The summed E-state index contributed by atoms with van der Waals surface area (Å²) in [6, 6.07) is 13.4. The molecule has 0 aliphatic heterocycles. The summed E-state index contributed by atoms with van der Waals surface area (Å²) in [5, 5.41) is 2.62. The zero-order valence-electron chi connectivity index (χ0n) is 16.3. The molecule has 150 valence electrons. The van der Waals surface area contributed by atoms with Gasteiger partial charge in [0, 0.05) is 22.1 Å². The largest absolute Gasteiger partial charge is 0.452 e. The van der Waals surface area contributed by atoms with Gasteiger partial charge in [0.2, 0.25) is 0 Å². The highest BCUT2D eigenvalue weighted by molar-refractivity contribution is 6.30. The summed E-state index contributed by atoms with van der Waals surface area (Å²) >= 11 is 5.80. The maximum Gasteiger partial charge on any atom is 0.340 e. The molecule has 29 heavy (non-hydrogen) atoms. The number of ether oxygens (including phenoxy) is 1. The molecule has 7 heteroatoms. The third kappa shape index (κ3) is 4.66. The van der Waals surface area contributed by atoms with E-state index < -0.39 is 24.3 Å². The molecular formula is C22H20ClFN2O3. The first-order valence-electron chi connectivity index (χ1n) is 8.94. The molecule has 1 amide bonds. The van der Waals surface area contributed by atoms with Crippen molar-refractivity contribution in [1.82, 2.24) is 4.57 Å². The average Bonchev–Trinajstić information content (AvgIpc) is 2.98. The lowest BCUT2D eigenvalue weighted by Crippen LogP contribution is -2.21. The number of hydrogen-bond donors (Lipinski definition) is 1. The van der Waals surface area contributed by atoms with Crippen LogP contribution in [0.2, 0.25) is 5.02 Å². The minimum Gasteiger partial charge on any atom is -0.452 e. The number of aryl methyl sites for hydroxylation is 2. The van der Waals surface area contributed by atoms with Gasteiger partial charge in [-0.05, 0) is 57.2 Å². The van der Waals surface area contributed by atoms with Gasteiger partial charge < -0.3 is 14.6 Å². The van der Waals surface area contributed by atoms with E-state index in [4.69, 9.17) is 16.3 Å². The number of amides is 1. The molecule has 0 radical (unpaired) electrons. The second-order valence-electron chi connectivity index (χ2n) is 6.70. The predicted octanol–water partition coefficient (Wildman–Crippen LogP) is 4.99. The van der Waals surface area contributed by atoms with Gasteiger partial charge in [0.05, 0.1) is 11.3 Å². The van der Waals surface area contributed by atoms with Gasteiger partial charge in [0.1, 0.15) is 5.82 Å². The molecule has 1 heterocycles. The molecule has 0 aliphatic rings. The van der Waals surface area contributed by atoms with Gasteiger partial charge in [0.15, 0.2) is 6.61 Å². The number of nitrogens with zero attached hydrogens (tertiary/aromatic N) is 1. The highest BCUT2D eigenvalue weighted by atomic mass is 35.5. The number of nitrogens with one attached hydrogen (secondary N) is 1. The van der Waals surface area contributed by atoms with Crippen molar-refractivity contribution < 1.29 is 18.7 Å². The van der Waals surface area contributed by atoms with Crippen molar-refractivity contribution in [3.8, 4) is 5.69 Å². The molecule has 0 aliphatic carbocycles. The molecule has 0 spiro atoms. The van der Waals surface area contributed by atoms with Gasteiger partial charge in [-0.15, -0.1) is 0 Å². The summed E-state index contributed by atoms with van der Waals surface area (Å²) < 4.78 is 20.8. The van der Waals surface area contributed by atoms with E-state index in [0.29, 0.717) is 11.3 Å². The number of benzene rings is 2. The molecule has 0 fully saturated rings. The summed E-state index contributed by atoms with van der Waals surface area (Å²) in [6.45, 7) is 5.16. The Kier molecular flexibility index (Phi) is 6.03. The van der Waals surface area contributed by atoms with Gasteiger partial charge in [0.25, 0.3) is 5.91 Å². The molecule has 5 nitrogen and oxygen atoms in total. The molecule has 3 aromatic rings. The van der Waals surface area contributed by atoms with E-state index in [9.17, 15) is 14.0 Å². The highest BCUT2D eigenvalue weighted by Crippen LogP contribution is 2.22. The van der Waals surface area contributed by atoms with Crippen LogP contribution in [-0.2, 0) is 9.53 Å². The lowest BCUT2D eigenvalue weighted by molar-refractivity contribution is -0.119. The molecule has 1 aromatic heterocycles. The van der Waals surface area contributed by atoms with Crippen LogP contribution in [0, 0.1) is 26.6 Å². The van der Waals surface area contributed by atoms with Gasteiger partial charge in [-0.3, -0.25) is 4.79 Å². The van der Waals surface area contributed by atoms with Gasteiger partial charge >= 0.3 is 5.97 Å². The first-order chi connectivity index (χ1) is 13.8. The average molecular weight is 415 g/mol. The number of aromatic nitrogens is 1. The van der Waals surface area contributed by atoms with Crippen LogP contribution in [0.3, 0.4) is 0 Å². The van der Waals surface area contributed by atoms with Crippen LogP contribution >= 0.6 is 11.6 Å². The van der Waals surface area contributed by atoms with Crippen LogP contribution < -0.4 is 5.32 Å². The second-order valence-corrected chi connectivity index (χ2v) is 7.14. The van der Waals surface area contributed by atoms with Crippen LogP contribution in [0.15, 0.2) is 48.5 Å². The van der Waals surface area contributed by atoms with Crippen molar-refractivity contribution in [3.05, 3.63) is 81.9 Å². The molecule has 0 atom stereocenters. The van der Waals surface area contributed by atoms with Crippen molar-refractivity contribution in [1.29, 1.82) is 0 Å². The highest BCUT2D eigenvalue weighted by Gasteiger charge is 2.19. The number of carbonyl (C=O) groups excluding carboxylic acids is 2. The smallest absolute Gasteiger partial charge is 0.340 e. The van der Waals surface area contributed by atoms with E-state index >= 15 is 0 Å². The quantitative estimate of drug-likeness (QED) is 0.598. The van der Waals surface area contributed by atoms with Crippen molar-refractivity contribution in [3.63, 3.8) is 0 Å². The Balaban J connectivity index is 1.69. The molecular weight excluding hydrogens is 395 g/mol. The molecule has 3 rings (SSSR count). The minimum absolute atomic E-state index is 0.0731. The summed E-state index contributed by atoms with van der Waals surface area (Å²) in [5.74, 6) is -1.92. The number of anilines is 1. The molecule has 2 aromatic carbocycles. The minimum atomic E-state index is -0.660. The zero-order chi connectivity index (χ0) is 21.1. The topological polar surface area (TPSA) is 60.3 Å². The maximum absolute atomic E-state index is 13.7. The van der Waals surface area contributed by atoms with E-state index in [1.165, 1.54) is 12.1 Å². The molecule has 0 saturated heterocycles. The van der Waals surface area contributed by atoms with Crippen LogP contribution in [0.5, 0.6) is 0 Å². The Morgan fingerprint density at radius 2 is 1.76 bits per heavy atom. The van der Waals surface area contributed by atoms with Crippen molar-refractivity contribution in [2.45, 2.75) is 20.8 Å². The summed E-state index contributed by atoms with van der Waals surface area (Å²) in [5.41, 5.74) is 3.93. The number of esters is 1. The summed E-state index contributed by atoms with van der Waals surface area (Å²) in [4.78, 5) is 24.5. The Morgan fingerprint density at radius 3 is 2.45 bits per heavy atom. The number of carbonyl (C=O) groups is 2. The summed E-state index contributed by atoms with van der Waals surface area (Å²) in [7, 11) is 0. The second kappa shape index (κ2) is 8.49. The fraction of sp³-hybridized carbons (Fsp3) is 0.182. The van der Waals surface area contributed by atoms with Gasteiger partial charge in [-0.1, -0.05) is 29.3 Å². The number of rotatable bonds is 5. The van der Waals surface area contributed by atoms with Crippen molar-refractivity contribution >= 4 is 29.2 Å². The fourth-order valence-electron chi connectivity index (χ4n) is 3.05. The number of hydrogen-bond acceptors (Lipinski definition) is 3. The number of halogens is 2. The lowest BCUT2D eigenvalue weighted by atomic mass is 10.2. The van der Waals surface area contributed by atoms with Crippen LogP contribution in [0.1, 0.15) is 27.3 Å². The van der Waals surface area contributed by atoms with E-state index in [1.807, 2.05) is 49.6 Å². The van der Waals surface area contributed by atoms with Crippen LogP contribution in [0.4, 0.5) is 10.1 Å². The first-order valence-corrected chi connectivity index (χ1v) is 9.32. The Labute approximate surface area is 173 Å². The van der Waals surface area contributed by atoms with Crippen molar-refractivity contribution in [2.24, 2.45) is 0 Å². The third-order valence-electron chi connectivity index (χ3n) is 4.48. The molecule has 0 saturated carbocycles. The molecule has 0 bridgehead atoms. The first kappa shape index (κ1) is 20.6. The Hall–Kier alpha value is -3.12. The lowest BCUT2D eigenvalue weighted by Gasteiger charge is -2.10. The Morgan fingerprint density at radius 1 is 1.07 bits per heavy atom. The van der Waals surface area contributed by atoms with Crippen molar-refractivity contribution in [2.75, 3.05) is 11.9 Å². The third-order valence-corrected chi connectivity index (χ3v) is 4.72. The molecule has 1 N–H and O–H groups in total. The monoisotopic (exact) mass is 414 g/mol. The zero-order valence-corrected chi connectivity index (χ0v) is 17.0. The summed E-state index contributed by atoms with van der Waals surface area (Å²) in [6.07, 6.45) is 0. The fourth-order valence-corrected chi connectivity index (χ4v) is 3.22.